The van der Waals surface area contributed by atoms with Gasteiger partial charge in [0.1, 0.15) is 0 Å². The first-order valence-corrected chi connectivity index (χ1v) is 7.13. The van der Waals surface area contributed by atoms with E-state index in [0.717, 1.165) is 17.6 Å². The Bertz CT molecular complexity index is 512. The molecule has 0 bridgehead atoms. The van der Waals surface area contributed by atoms with Gasteiger partial charge in [-0.15, -0.1) is 0 Å². The van der Waals surface area contributed by atoms with Crippen molar-refractivity contribution >= 4 is 15.9 Å². The zero-order chi connectivity index (χ0) is 12.4. The summed E-state index contributed by atoms with van der Waals surface area (Å²) in [6.07, 6.45) is 6.32. The summed E-state index contributed by atoms with van der Waals surface area (Å²) >= 11 is 3.47. The summed E-state index contributed by atoms with van der Waals surface area (Å²) in [5.74, 6) is 0.623. The fourth-order valence-electron chi connectivity index (χ4n) is 2.54. The molecule has 4 heteroatoms. The van der Waals surface area contributed by atoms with Gasteiger partial charge in [0.15, 0.2) is 0 Å². The summed E-state index contributed by atoms with van der Waals surface area (Å²) in [5.41, 5.74) is 2.52. The van der Waals surface area contributed by atoms with Crippen LogP contribution in [0, 0.1) is 0 Å². The van der Waals surface area contributed by atoms with Crippen molar-refractivity contribution in [1.29, 1.82) is 0 Å². The number of rotatable bonds is 2. The van der Waals surface area contributed by atoms with Crippen LogP contribution in [0.25, 0.3) is 5.69 Å². The molecule has 1 aromatic heterocycles. The molecular weight excluding hydrogens is 290 g/mol. The summed E-state index contributed by atoms with van der Waals surface area (Å²) in [6.45, 7) is 2.21. The summed E-state index contributed by atoms with van der Waals surface area (Å²) in [6, 6.07) is 8.38. The number of imidazole rings is 1. The van der Waals surface area contributed by atoms with Gasteiger partial charge < -0.3 is 9.88 Å². The van der Waals surface area contributed by atoms with Crippen LogP contribution in [0.15, 0.2) is 41.3 Å². The third-order valence-corrected chi connectivity index (χ3v) is 4.06. The zero-order valence-corrected chi connectivity index (χ0v) is 11.7. The predicted molar refractivity (Wildman–Crippen MR) is 76.1 cm³/mol. The summed E-state index contributed by atoms with van der Waals surface area (Å²) in [7, 11) is 0. The Kier molecular flexibility index (Phi) is 3.48. The van der Waals surface area contributed by atoms with Gasteiger partial charge in [-0.3, -0.25) is 0 Å². The number of nitrogens with one attached hydrogen (secondary N) is 1. The van der Waals surface area contributed by atoms with Gasteiger partial charge in [0.25, 0.3) is 0 Å². The normalized spacial score (nSPS) is 16.9. The third kappa shape index (κ3) is 2.35. The van der Waals surface area contributed by atoms with Crippen molar-refractivity contribution in [2.24, 2.45) is 0 Å². The number of hydrogen-bond acceptors (Lipinski definition) is 2. The van der Waals surface area contributed by atoms with Gasteiger partial charge >= 0.3 is 0 Å². The van der Waals surface area contributed by atoms with E-state index in [2.05, 4.69) is 55.1 Å². The molecule has 1 saturated heterocycles. The highest BCUT2D eigenvalue weighted by atomic mass is 79.9. The van der Waals surface area contributed by atoms with E-state index in [-0.39, 0.29) is 0 Å². The van der Waals surface area contributed by atoms with Crippen LogP contribution in [0.5, 0.6) is 0 Å². The fourth-order valence-corrected chi connectivity index (χ4v) is 2.81. The van der Waals surface area contributed by atoms with Crippen LogP contribution in [0.2, 0.25) is 0 Å². The second-order valence-electron chi connectivity index (χ2n) is 4.69. The van der Waals surface area contributed by atoms with Crippen LogP contribution in [-0.2, 0) is 0 Å². The quantitative estimate of drug-likeness (QED) is 0.924. The minimum Gasteiger partial charge on any atom is -0.317 e. The lowest BCUT2D eigenvalue weighted by molar-refractivity contribution is 0.449. The Balaban J connectivity index is 1.93. The number of piperidine rings is 1. The summed E-state index contributed by atoms with van der Waals surface area (Å²) < 4.78 is 3.32. The Morgan fingerprint density at radius 3 is 2.61 bits per heavy atom. The molecule has 3 nitrogen and oxygen atoms in total. The third-order valence-electron chi connectivity index (χ3n) is 3.53. The molecule has 2 heterocycles. The number of halogens is 1. The molecule has 94 valence electrons. The molecule has 0 saturated carbocycles. The van der Waals surface area contributed by atoms with E-state index in [1.807, 2.05) is 12.5 Å². The molecule has 0 radical (unpaired) electrons. The van der Waals surface area contributed by atoms with Crippen LogP contribution >= 0.6 is 15.9 Å². The molecule has 0 atom stereocenters. The van der Waals surface area contributed by atoms with Gasteiger partial charge in [0, 0.05) is 28.0 Å². The standard InChI is InChI=1S/C14H16BrN3/c15-12-1-3-13(4-2-12)18-10-17-9-14(18)11-5-7-16-8-6-11/h1-4,9-11,16H,5-8H2. The first-order valence-electron chi connectivity index (χ1n) is 6.33. The van der Waals surface area contributed by atoms with Gasteiger partial charge in [0.2, 0.25) is 0 Å². The number of nitrogens with zero attached hydrogens (tertiary/aromatic N) is 2. The zero-order valence-electron chi connectivity index (χ0n) is 10.1. The van der Waals surface area contributed by atoms with E-state index in [9.17, 15) is 0 Å². The smallest absolute Gasteiger partial charge is 0.0994 e. The van der Waals surface area contributed by atoms with Crippen molar-refractivity contribution in [2.75, 3.05) is 13.1 Å². The first kappa shape index (κ1) is 11.9. The molecule has 1 N–H and O–H groups in total. The maximum atomic E-state index is 4.33. The van der Waals surface area contributed by atoms with Gasteiger partial charge in [-0.25, -0.2) is 4.98 Å². The predicted octanol–water partition coefficient (Wildman–Crippen LogP) is 3.10. The van der Waals surface area contributed by atoms with Crippen molar-refractivity contribution in [2.45, 2.75) is 18.8 Å². The number of aromatic nitrogens is 2. The lowest BCUT2D eigenvalue weighted by atomic mass is 9.95. The Hall–Kier alpha value is -1.13. The van der Waals surface area contributed by atoms with E-state index >= 15 is 0 Å². The average Bonchev–Trinajstić information content (AvgIpc) is 2.90. The molecule has 0 spiro atoms. The molecule has 18 heavy (non-hydrogen) atoms. The lowest BCUT2D eigenvalue weighted by Crippen LogP contribution is -2.27. The Morgan fingerprint density at radius 1 is 1.17 bits per heavy atom. The van der Waals surface area contributed by atoms with Gasteiger partial charge in [0.05, 0.1) is 6.33 Å². The molecule has 0 unspecified atom stereocenters. The van der Waals surface area contributed by atoms with Crippen molar-refractivity contribution in [3.8, 4) is 5.69 Å². The first-order chi connectivity index (χ1) is 8.84. The largest absolute Gasteiger partial charge is 0.317 e. The molecule has 0 aliphatic carbocycles. The second-order valence-corrected chi connectivity index (χ2v) is 5.60. The van der Waals surface area contributed by atoms with E-state index in [4.69, 9.17) is 0 Å². The number of hydrogen-bond donors (Lipinski definition) is 1. The molecule has 1 aliphatic rings. The van der Waals surface area contributed by atoms with Crippen molar-refractivity contribution in [3.05, 3.63) is 47.0 Å². The van der Waals surface area contributed by atoms with Crippen LogP contribution < -0.4 is 5.32 Å². The van der Waals surface area contributed by atoms with Gasteiger partial charge in [-0.05, 0) is 50.2 Å². The van der Waals surface area contributed by atoms with Crippen molar-refractivity contribution < 1.29 is 0 Å². The second kappa shape index (κ2) is 5.24. The van der Waals surface area contributed by atoms with Crippen molar-refractivity contribution in [3.63, 3.8) is 0 Å². The van der Waals surface area contributed by atoms with Gasteiger partial charge in [-0.2, -0.15) is 0 Å². The maximum absolute atomic E-state index is 4.33. The van der Waals surface area contributed by atoms with E-state index in [1.54, 1.807) is 0 Å². The van der Waals surface area contributed by atoms with E-state index < -0.39 is 0 Å². The highest BCUT2D eigenvalue weighted by Crippen LogP contribution is 2.27. The monoisotopic (exact) mass is 305 g/mol. The molecule has 0 amide bonds. The average molecular weight is 306 g/mol. The van der Waals surface area contributed by atoms with E-state index in [1.165, 1.54) is 24.2 Å². The number of benzene rings is 1. The van der Waals surface area contributed by atoms with Gasteiger partial charge in [-0.1, -0.05) is 15.9 Å². The lowest BCUT2D eigenvalue weighted by Gasteiger charge is -2.23. The fraction of sp³-hybridized carbons (Fsp3) is 0.357. The Morgan fingerprint density at radius 2 is 1.89 bits per heavy atom. The van der Waals surface area contributed by atoms with Crippen LogP contribution in [0.1, 0.15) is 24.5 Å². The molecule has 1 aliphatic heterocycles. The minimum absolute atomic E-state index is 0.623. The topological polar surface area (TPSA) is 29.9 Å². The highest BCUT2D eigenvalue weighted by molar-refractivity contribution is 9.10. The summed E-state index contributed by atoms with van der Waals surface area (Å²) in [5, 5.41) is 3.41. The molecule has 3 rings (SSSR count). The van der Waals surface area contributed by atoms with Crippen LogP contribution in [0.3, 0.4) is 0 Å². The van der Waals surface area contributed by atoms with Crippen LogP contribution in [0.4, 0.5) is 0 Å². The SMILES string of the molecule is Brc1ccc(-n2cncc2C2CCNCC2)cc1. The van der Waals surface area contributed by atoms with E-state index in [0.29, 0.717) is 5.92 Å². The maximum Gasteiger partial charge on any atom is 0.0994 e. The molecule has 1 aromatic carbocycles. The minimum atomic E-state index is 0.623. The molecular formula is C14H16BrN3. The molecule has 1 fully saturated rings. The molecule has 2 aromatic rings. The summed E-state index contributed by atoms with van der Waals surface area (Å²) in [4.78, 5) is 4.33. The highest BCUT2D eigenvalue weighted by Gasteiger charge is 2.19. The Labute approximate surface area is 115 Å². The van der Waals surface area contributed by atoms with Crippen LogP contribution in [-0.4, -0.2) is 22.6 Å². The van der Waals surface area contributed by atoms with Crippen molar-refractivity contribution in [1.82, 2.24) is 14.9 Å².